The normalized spacial score (nSPS) is 15.8. The first kappa shape index (κ1) is 78.0. The number of hydrogen-bond acceptors (Lipinski definition) is 17. The molecule has 31 nitrogen and oxygen atoms in total. The lowest BCUT2D eigenvalue weighted by Gasteiger charge is -2.30. The van der Waals surface area contributed by atoms with E-state index in [4.69, 9.17) is 34.4 Å². The first-order valence-electron chi connectivity index (χ1n) is 30.3. The van der Waals surface area contributed by atoms with Crippen LogP contribution in [0.4, 0.5) is 0 Å². The smallest absolute Gasteiger partial charge is 0.326 e. The SMILES string of the molecule is CSCC[C@H](NC(=O)[C@H](CC(C)C)NC(=O)CNC(=O)[C@@H]1CCCN1C(=O)[C@H](Cc1ccccc1)NC(=O)[C@H](CCC(N)=O)NC(=O)[C@H](CCC(N)=O)NC(=O)[C@H](CC(C)C)NC(=O)[C@H](CCCCN)NC(=O)[C@H](C)NC(=O)[C@@H](N)CCCN=C(N)N)C(=O)O. The second kappa shape index (κ2) is 41.2. The summed E-state index contributed by atoms with van der Waals surface area (Å²) in [5.41, 5.74) is 34.0. The summed E-state index contributed by atoms with van der Waals surface area (Å²) in [7, 11) is 0. The van der Waals surface area contributed by atoms with Gasteiger partial charge in [-0.05, 0) is 120 Å². The van der Waals surface area contributed by atoms with Crippen molar-refractivity contribution in [1.29, 1.82) is 0 Å². The largest absolute Gasteiger partial charge is 0.480 e. The molecule has 1 saturated heterocycles. The first-order chi connectivity index (χ1) is 42.5. The maximum absolute atomic E-state index is 14.7. The van der Waals surface area contributed by atoms with Gasteiger partial charge in [0.05, 0.1) is 12.6 Å². The second-order valence-electron chi connectivity index (χ2n) is 23.0. The monoisotopic (exact) mass is 1290 g/mol. The molecule has 1 aromatic carbocycles. The number of carboxylic acid groups (broad SMARTS) is 1. The molecule has 90 heavy (non-hydrogen) atoms. The lowest BCUT2D eigenvalue weighted by molar-refractivity contribution is -0.142. The average Bonchev–Trinajstić information content (AvgIpc) is 3.96. The Bertz CT molecular complexity index is 2610. The molecule has 0 aromatic heterocycles. The Labute approximate surface area is 529 Å². The number of hydrogen-bond donors (Lipinski definition) is 16. The van der Waals surface area contributed by atoms with Gasteiger partial charge in [-0.3, -0.25) is 62.5 Å². The predicted molar refractivity (Wildman–Crippen MR) is 336 cm³/mol. The van der Waals surface area contributed by atoms with E-state index in [1.807, 2.05) is 13.8 Å². The minimum absolute atomic E-state index is 0.0102. The van der Waals surface area contributed by atoms with E-state index < -0.39 is 170 Å². The molecule has 2 rings (SSSR count). The maximum Gasteiger partial charge on any atom is 0.326 e. The Hall–Kier alpha value is -8.13. The lowest BCUT2D eigenvalue weighted by atomic mass is 10.0. The van der Waals surface area contributed by atoms with Crippen molar-refractivity contribution < 1.29 is 67.4 Å². The van der Waals surface area contributed by atoms with E-state index in [0.717, 1.165) is 0 Å². The van der Waals surface area contributed by atoms with Gasteiger partial charge in [0.25, 0.3) is 0 Å². The number of benzene rings is 1. The molecule has 0 spiro atoms. The van der Waals surface area contributed by atoms with Gasteiger partial charge in [-0.25, -0.2) is 4.79 Å². The molecule has 12 amide bonds. The van der Waals surface area contributed by atoms with Gasteiger partial charge in [-0.15, -0.1) is 0 Å². The molecule has 1 aromatic rings. The molecule has 0 radical (unpaired) electrons. The molecule has 10 atom stereocenters. The third kappa shape index (κ3) is 29.9. The predicted octanol–water partition coefficient (Wildman–Crippen LogP) is -3.79. The fourth-order valence-electron chi connectivity index (χ4n) is 9.55. The topological polar surface area (TPSA) is 522 Å². The van der Waals surface area contributed by atoms with E-state index in [1.165, 1.54) is 23.6 Å². The number of rotatable bonds is 43. The highest BCUT2D eigenvalue weighted by Crippen LogP contribution is 2.21. The maximum atomic E-state index is 14.7. The van der Waals surface area contributed by atoms with Gasteiger partial charge in [-0.1, -0.05) is 58.0 Å². The minimum atomic E-state index is -1.63. The number of nitrogens with two attached hydrogens (primary N) is 6. The summed E-state index contributed by atoms with van der Waals surface area (Å²) >= 11 is 1.40. The van der Waals surface area contributed by atoms with Crippen LogP contribution in [0.15, 0.2) is 35.3 Å². The molecule has 0 aliphatic carbocycles. The van der Waals surface area contributed by atoms with Gasteiger partial charge in [0, 0.05) is 32.4 Å². The van der Waals surface area contributed by atoms with Crippen LogP contribution < -0.4 is 82.3 Å². The van der Waals surface area contributed by atoms with Crippen LogP contribution in [0.3, 0.4) is 0 Å². The Morgan fingerprint density at radius 3 is 1.61 bits per heavy atom. The highest BCUT2D eigenvalue weighted by molar-refractivity contribution is 7.98. The lowest BCUT2D eigenvalue weighted by Crippen LogP contribution is -2.60. The van der Waals surface area contributed by atoms with Gasteiger partial charge in [-0.2, -0.15) is 11.8 Å². The van der Waals surface area contributed by atoms with Crippen LogP contribution in [0.1, 0.15) is 130 Å². The summed E-state index contributed by atoms with van der Waals surface area (Å²) in [4.78, 5) is 180. The molecule has 1 heterocycles. The van der Waals surface area contributed by atoms with Crippen LogP contribution in [0.5, 0.6) is 0 Å². The third-order valence-corrected chi connectivity index (χ3v) is 15.0. The molecule has 1 aliphatic rings. The fourth-order valence-corrected chi connectivity index (χ4v) is 10.0. The van der Waals surface area contributed by atoms with Crippen LogP contribution >= 0.6 is 11.8 Å². The van der Waals surface area contributed by atoms with E-state index in [0.29, 0.717) is 37.0 Å². The molecule has 32 heteroatoms. The van der Waals surface area contributed by atoms with Crippen molar-refractivity contribution in [3.63, 3.8) is 0 Å². The summed E-state index contributed by atoms with van der Waals surface area (Å²) in [5, 5.41) is 32.8. The molecule has 0 unspecified atom stereocenters. The van der Waals surface area contributed by atoms with Gasteiger partial charge in [0.1, 0.15) is 54.4 Å². The molecule has 0 saturated carbocycles. The van der Waals surface area contributed by atoms with E-state index in [-0.39, 0.29) is 82.4 Å². The molecular formula is C58H97N17O14S. The highest BCUT2D eigenvalue weighted by atomic mass is 32.2. The Morgan fingerprint density at radius 1 is 0.600 bits per heavy atom. The summed E-state index contributed by atoms with van der Waals surface area (Å²) < 4.78 is 0. The van der Waals surface area contributed by atoms with Crippen molar-refractivity contribution >= 4 is 94.6 Å². The number of likely N-dealkylation sites (tertiary alicyclic amines) is 1. The number of carboxylic acids is 1. The van der Waals surface area contributed by atoms with Gasteiger partial charge in [0.15, 0.2) is 5.96 Å². The van der Waals surface area contributed by atoms with Crippen molar-refractivity contribution in [2.24, 2.45) is 51.2 Å². The van der Waals surface area contributed by atoms with Gasteiger partial charge < -0.3 is 92.3 Å². The van der Waals surface area contributed by atoms with Crippen LogP contribution in [0.25, 0.3) is 0 Å². The highest BCUT2D eigenvalue weighted by Gasteiger charge is 2.40. The molecule has 0 bridgehead atoms. The number of aliphatic imine (C=N–C) groups is 1. The summed E-state index contributed by atoms with van der Waals surface area (Å²) in [5.74, 6) is -11.1. The van der Waals surface area contributed by atoms with Crippen LogP contribution in [0, 0.1) is 11.8 Å². The number of guanidine groups is 1. The Morgan fingerprint density at radius 2 is 1.10 bits per heavy atom. The van der Waals surface area contributed by atoms with Crippen LogP contribution in [-0.2, 0) is 68.7 Å². The standard InChI is InChI=1S/C58H97N17O14S/c1-32(2)28-41(53(84)72-40(57(88)89)23-27-90-6)68-47(78)31-66-55(86)44-18-13-26-75(44)56(87)43(30-35-14-8-7-9-15-35)74-52(83)39(20-22-46(62)77)70-51(82)38(19-21-45(61)76)71-54(85)42(29-33(3)4)73-50(81)37(17-10-11-24-59)69-48(79)34(5)67-49(80)36(60)16-12-25-65-58(63)64/h7-9,14-15,32-34,36-44H,10-13,16-31,59-60H2,1-6H3,(H2,61,76)(H2,62,77)(H,66,86)(H,67,80)(H,68,78)(H,69,79)(H,70,82)(H,71,85)(H,72,84)(H,73,81)(H,74,83)(H,88,89)(H4,63,64,65)/t34-,36-,37-,38-,39-,40-,41-,42-,43-,44-/m0/s1. The molecule has 1 fully saturated rings. The fraction of sp³-hybridized carbons (Fsp3) is 0.655. The third-order valence-electron chi connectivity index (χ3n) is 14.3. The molecule has 504 valence electrons. The van der Waals surface area contributed by atoms with E-state index in [9.17, 15) is 67.4 Å². The number of amides is 12. The van der Waals surface area contributed by atoms with E-state index in [1.54, 1.807) is 50.4 Å². The van der Waals surface area contributed by atoms with Crippen molar-refractivity contribution in [3.05, 3.63) is 35.9 Å². The van der Waals surface area contributed by atoms with Gasteiger partial charge in [0.2, 0.25) is 70.9 Å². The van der Waals surface area contributed by atoms with Crippen LogP contribution in [0.2, 0.25) is 0 Å². The number of carbonyl (C=O) groups excluding carboxylic acids is 12. The number of carbonyl (C=O) groups is 13. The number of nitrogens with zero attached hydrogens (tertiary/aromatic N) is 2. The number of thioether (sulfide) groups is 1. The number of primary amides is 2. The number of unbranched alkanes of at least 4 members (excludes halogenated alkanes) is 1. The molecule has 1 aliphatic heterocycles. The quantitative estimate of drug-likeness (QED) is 0.0169. The van der Waals surface area contributed by atoms with Gasteiger partial charge >= 0.3 is 5.97 Å². The molecule has 22 N–H and O–H groups in total. The zero-order chi connectivity index (χ0) is 67.6. The summed E-state index contributed by atoms with van der Waals surface area (Å²) in [6.07, 6.45) is 2.10. The minimum Gasteiger partial charge on any atom is -0.480 e. The zero-order valence-electron chi connectivity index (χ0n) is 52.5. The molecular weight excluding hydrogens is 1190 g/mol. The summed E-state index contributed by atoms with van der Waals surface area (Å²) in [6.45, 7) is 8.43. The van der Waals surface area contributed by atoms with E-state index >= 15 is 0 Å². The van der Waals surface area contributed by atoms with Crippen molar-refractivity contribution in [2.75, 3.05) is 38.2 Å². The van der Waals surface area contributed by atoms with E-state index in [2.05, 4.69) is 52.8 Å². The number of nitrogens with one attached hydrogen (secondary N) is 9. The summed E-state index contributed by atoms with van der Waals surface area (Å²) in [6, 6.07) is -4.45. The average molecular weight is 1290 g/mol. The van der Waals surface area contributed by atoms with Crippen molar-refractivity contribution in [1.82, 2.24) is 52.8 Å². The van der Waals surface area contributed by atoms with Crippen molar-refractivity contribution in [2.45, 2.75) is 191 Å². The second-order valence-corrected chi connectivity index (χ2v) is 24.0. The zero-order valence-corrected chi connectivity index (χ0v) is 53.3. The Kier molecular flexibility index (Phi) is 35.7. The van der Waals surface area contributed by atoms with Crippen LogP contribution in [-0.4, -0.2) is 191 Å². The first-order valence-corrected chi connectivity index (χ1v) is 31.7. The van der Waals surface area contributed by atoms with Crippen molar-refractivity contribution in [3.8, 4) is 0 Å². The Balaban J connectivity index is 2.41. The number of aliphatic carboxylic acids is 1.